The van der Waals surface area contributed by atoms with Crippen LogP contribution in [0.15, 0.2) is 30.5 Å². The number of carboxylic acids is 2. The molecule has 1 heterocycles. The van der Waals surface area contributed by atoms with Crippen molar-refractivity contribution in [2.45, 2.75) is 43.4 Å². The fourth-order valence-electron chi connectivity index (χ4n) is 3.36. The second-order valence-corrected chi connectivity index (χ2v) is 7.99. The number of para-hydroxylation sites is 1. The van der Waals surface area contributed by atoms with Gasteiger partial charge in [0.2, 0.25) is 17.7 Å². The highest BCUT2D eigenvalue weighted by Gasteiger charge is 2.31. The van der Waals surface area contributed by atoms with Gasteiger partial charge in [-0.15, -0.1) is 0 Å². The first-order chi connectivity index (χ1) is 17.1. The fraction of sp³-hybridized carbons (Fsp3) is 0.409. The van der Waals surface area contributed by atoms with Crippen molar-refractivity contribution in [1.82, 2.24) is 20.9 Å². The summed E-state index contributed by atoms with van der Waals surface area (Å²) in [6.07, 6.45) is 0.649. The number of hydrogen-bond acceptors (Lipinski definition) is 8. The number of carbonyl (C=O) groups is 5. The molecule has 0 saturated heterocycles. The number of aliphatic hydroxyl groups is 2. The summed E-state index contributed by atoms with van der Waals surface area (Å²) in [7, 11) is 0. The van der Waals surface area contributed by atoms with E-state index in [1.54, 1.807) is 30.5 Å². The second kappa shape index (κ2) is 13.2. The van der Waals surface area contributed by atoms with Crippen LogP contribution < -0.4 is 21.7 Å². The minimum absolute atomic E-state index is 0.0542. The maximum absolute atomic E-state index is 13.2. The maximum Gasteiger partial charge on any atom is 0.328 e. The molecule has 0 aliphatic heterocycles. The zero-order valence-electron chi connectivity index (χ0n) is 19.1. The number of nitrogens with one attached hydrogen (secondary N) is 4. The molecule has 4 atom stereocenters. The van der Waals surface area contributed by atoms with Gasteiger partial charge in [-0.2, -0.15) is 0 Å². The van der Waals surface area contributed by atoms with E-state index in [-0.39, 0.29) is 6.42 Å². The minimum atomic E-state index is -1.67. The van der Waals surface area contributed by atoms with Crippen LogP contribution in [0.4, 0.5) is 0 Å². The quantitative estimate of drug-likeness (QED) is 0.129. The highest BCUT2D eigenvalue weighted by molar-refractivity contribution is 5.95. The van der Waals surface area contributed by atoms with Crippen LogP contribution in [0.2, 0.25) is 0 Å². The van der Waals surface area contributed by atoms with Crippen LogP contribution in [0.5, 0.6) is 0 Å². The van der Waals surface area contributed by atoms with Crippen LogP contribution in [0.25, 0.3) is 10.9 Å². The number of nitrogens with two attached hydrogens (primary N) is 1. The van der Waals surface area contributed by atoms with Crippen LogP contribution >= 0.6 is 0 Å². The first-order valence-corrected chi connectivity index (χ1v) is 10.9. The van der Waals surface area contributed by atoms with Gasteiger partial charge >= 0.3 is 11.9 Å². The molecule has 0 aliphatic rings. The van der Waals surface area contributed by atoms with Crippen molar-refractivity contribution in [1.29, 1.82) is 0 Å². The van der Waals surface area contributed by atoms with Gasteiger partial charge in [-0.05, 0) is 18.1 Å². The molecule has 0 aliphatic carbocycles. The number of fused-ring (bicyclic) bond motifs is 1. The smallest absolute Gasteiger partial charge is 0.328 e. The number of aliphatic carboxylic acids is 2. The first kappa shape index (κ1) is 28.2. The molecule has 196 valence electrons. The Morgan fingerprint density at radius 1 is 0.861 bits per heavy atom. The molecule has 1 aromatic heterocycles. The molecule has 14 nitrogen and oxygen atoms in total. The summed E-state index contributed by atoms with van der Waals surface area (Å²) >= 11 is 0. The Hall–Kier alpha value is -4.01. The standard InChI is InChI=1S/C22H29N5O9/c23-13(9-28)19(32)26-16(7-11-8-24-14-4-2-1-3-12(11)14)21(34)25-15(5-6-18(30)31)20(33)27-17(10-29)22(35)36/h1-4,8,13,15-17,24,28-29H,5-7,9-10,23H2,(H,25,34)(H,26,32)(H,27,33)(H,30,31)(H,35,36). The fourth-order valence-corrected chi connectivity index (χ4v) is 3.36. The van der Waals surface area contributed by atoms with Gasteiger partial charge in [-0.25, -0.2) is 4.79 Å². The van der Waals surface area contributed by atoms with E-state index < -0.39 is 79.9 Å². The van der Waals surface area contributed by atoms with E-state index >= 15 is 0 Å². The number of hydrogen-bond donors (Lipinski definition) is 9. The third-order valence-corrected chi connectivity index (χ3v) is 5.34. The third kappa shape index (κ3) is 7.76. The number of amides is 3. The van der Waals surface area contributed by atoms with Crippen LogP contribution in [0, 0.1) is 0 Å². The highest BCUT2D eigenvalue weighted by atomic mass is 16.4. The summed E-state index contributed by atoms with van der Waals surface area (Å²) in [6, 6.07) is 1.40. The number of rotatable bonds is 14. The summed E-state index contributed by atoms with van der Waals surface area (Å²) in [5.74, 6) is -5.54. The van der Waals surface area contributed by atoms with Crippen molar-refractivity contribution in [2.75, 3.05) is 13.2 Å². The van der Waals surface area contributed by atoms with E-state index in [0.717, 1.165) is 10.9 Å². The van der Waals surface area contributed by atoms with Crippen molar-refractivity contribution in [3.8, 4) is 0 Å². The number of aromatic nitrogens is 1. The zero-order chi connectivity index (χ0) is 26.8. The lowest BCUT2D eigenvalue weighted by Crippen LogP contribution is -2.58. The van der Waals surface area contributed by atoms with Gasteiger partial charge in [0, 0.05) is 29.9 Å². The summed E-state index contributed by atoms with van der Waals surface area (Å²) in [6.45, 7) is -1.62. The summed E-state index contributed by atoms with van der Waals surface area (Å²) < 4.78 is 0. The molecular weight excluding hydrogens is 478 g/mol. The second-order valence-electron chi connectivity index (χ2n) is 7.99. The van der Waals surface area contributed by atoms with E-state index in [1.807, 2.05) is 5.32 Å². The van der Waals surface area contributed by atoms with Gasteiger partial charge in [-0.3, -0.25) is 19.2 Å². The Morgan fingerprint density at radius 3 is 2.08 bits per heavy atom. The molecule has 0 saturated carbocycles. The van der Waals surface area contributed by atoms with Gasteiger partial charge < -0.3 is 47.1 Å². The van der Waals surface area contributed by atoms with E-state index in [9.17, 15) is 29.1 Å². The van der Waals surface area contributed by atoms with Crippen LogP contribution in [-0.4, -0.2) is 92.5 Å². The molecule has 1 aromatic carbocycles. The molecule has 0 spiro atoms. The van der Waals surface area contributed by atoms with E-state index in [0.29, 0.717) is 5.56 Å². The SMILES string of the molecule is NC(CO)C(=O)NC(Cc1c[nH]c2ccccc12)C(=O)NC(CCC(=O)O)C(=O)NC(CO)C(=O)O. The lowest BCUT2D eigenvalue weighted by atomic mass is 10.0. The van der Waals surface area contributed by atoms with Crippen molar-refractivity contribution in [3.63, 3.8) is 0 Å². The molecule has 36 heavy (non-hydrogen) atoms. The topological polar surface area (TPSA) is 244 Å². The normalized spacial score (nSPS) is 14.3. The lowest BCUT2D eigenvalue weighted by Gasteiger charge is -2.24. The van der Waals surface area contributed by atoms with Crippen LogP contribution in [0.3, 0.4) is 0 Å². The molecule has 2 rings (SSSR count). The Morgan fingerprint density at radius 2 is 1.47 bits per heavy atom. The van der Waals surface area contributed by atoms with Gasteiger partial charge in [0.05, 0.1) is 13.2 Å². The van der Waals surface area contributed by atoms with Crippen molar-refractivity contribution >= 4 is 40.6 Å². The average molecular weight is 508 g/mol. The van der Waals surface area contributed by atoms with E-state index in [4.69, 9.17) is 21.1 Å². The van der Waals surface area contributed by atoms with Crippen LogP contribution in [-0.2, 0) is 30.4 Å². The van der Waals surface area contributed by atoms with Crippen LogP contribution in [0.1, 0.15) is 18.4 Å². The van der Waals surface area contributed by atoms with Crippen molar-refractivity contribution in [3.05, 3.63) is 36.0 Å². The Kier molecular flexibility index (Phi) is 10.3. The molecular formula is C22H29N5O9. The number of H-pyrrole nitrogens is 1. The van der Waals surface area contributed by atoms with Gasteiger partial charge in [0.25, 0.3) is 0 Å². The number of carbonyl (C=O) groups excluding carboxylic acids is 3. The zero-order valence-corrected chi connectivity index (χ0v) is 19.1. The molecule has 0 bridgehead atoms. The molecule has 2 aromatic rings. The predicted octanol–water partition coefficient (Wildman–Crippen LogP) is -2.57. The number of carboxylic acid groups (broad SMARTS) is 2. The average Bonchev–Trinajstić information content (AvgIpc) is 3.26. The van der Waals surface area contributed by atoms with E-state index in [2.05, 4.69) is 15.6 Å². The number of aromatic amines is 1. The maximum atomic E-state index is 13.2. The minimum Gasteiger partial charge on any atom is -0.481 e. The summed E-state index contributed by atoms with van der Waals surface area (Å²) in [4.78, 5) is 63.3. The lowest BCUT2D eigenvalue weighted by molar-refractivity contribution is -0.144. The Labute approximate surface area is 204 Å². The Bertz CT molecular complexity index is 1100. The molecule has 0 radical (unpaired) electrons. The number of benzene rings is 1. The summed E-state index contributed by atoms with van der Waals surface area (Å²) in [5, 5.41) is 44.0. The van der Waals surface area contributed by atoms with Gasteiger partial charge in [0.15, 0.2) is 0 Å². The molecule has 10 N–H and O–H groups in total. The van der Waals surface area contributed by atoms with Gasteiger partial charge in [-0.1, -0.05) is 18.2 Å². The predicted molar refractivity (Wildman–Crippen MR) is 124 cm³/mol. The largest absolute Gasteiger partial charge is 0.481 e. The summed E-state index contributed by atoms with van der Waals surface area (Å²) in [5.41, 5.74) is 6.96. The monoisotopic (exact) mass is 507 g/mol. The molecule has 4 unspecified atom stereocenters. The van der Waals surface area contributed by atoms with Crippen molar-refractivity contribution in [2.24, 2.45) is 5.73 Å². The molecule has 0 fully saturated rings. The first-order valence-electron chi connectivity index (χ1n) is 10.9. The molecule has 14 heteroatoms. The van der Waals surface area contributed by atoms with E-state index in [1.165, 1.54) is 0 Å². The van der Waals surface area contributed by atoms with Crippen molar-refractivity contribution < 1.29 is 44.4 Å². The highest BCUT2D eigenvalue weighted by Crippen LogP contribution is 2.19. The number of aliphatic hydroxyl groups excluding tert-OH is 2. The molecule has 3 amide bonds. The van der Waals surface area contributed by atoms with Gasteiger partial charge in [0.1, 0.15) is 24.2 Å². The third-order valence-electron chi connectivity index (χ3n) is 5.34. The Balaban J connectivity index is 2.29.